The number of carbonyl (C=O) groups is 1. The zero-order valence-electron chi connectivity index (χ0n) is 15.6. The normalized spacial score (nSPS) is 19.9. The van der Waals surface area contributed by atoms with Crippen LogP contribution in [-0.2, 0) is 11.3 Å². The first kappa shape index (κ1) is 17.9. The van der Waals surface area contributed by atoms with E-state index in [0.717, 1.165) is 56.6 Å². The monoisotopic (exact) mass is 362 g/mol. The molecule has 1 amide bonds. The average Bonchev–Trinajstić information content (AvgIpc) is 3.42. The smallest absolute Gasteiger partial charge is 0.228 e. The third-order valence-electron chi connectivity index (χ3n) is 5.34. The second kappa shape index (κ2) is 8.45. The second-order valence-electron chi connectivity index (χ2n) is 7.52. The number of rotatable bonds is 5. The lowest BCUT2D eigenvalue weighted by Crippen LogP contribution is -2.45. The largest absolute Gasteiger partial charge is 0.468 e. The standard InChI is InChI=1S/C23H26N2O2/c26-23(20-10-5-14-24(17-20)18-22-11-6-16-27-22)25(21-12-13-21)15-4-9-19-7-2-1-3-8-19/h1-3,6-8,11,16,20-21H,5,10,12-15,17-18H2/t20-/m0/s1. The van der Waals surface area contributed by atoms with Crippen LogP contribution in [0.3, 0.4) is 0 Å². The summed E-state index contributed by atoms with van der Waals surface area (Å²) in [6.07, 6.45) is 5.97. The molecule has 0 spiro atoms. The van der Waals surface area contributed by atoms with Crippen molar-refractivity contribution in [1.29, 1.82) is 0 Å². The molecule has 1 saturated carbocycles. The van der Waals surface area contributed by atoms with E-state index in [0.29, 0.717) is 12.6 Å². The minimum absolute atomic E-state index is 0.0767. The summed E-state index contributed by atoms with van der Waals surface area (Å²) >= 11 is 0. The lowest BCUT2D eigenvalue weighted by molar-refractivity contribution is -0.137. The Labute approximate surface area is 161 Å². The van der Waals surface area contributed by atoms with Crippen LogP contribution in [0.25, 0.3) is 0 Å². The summed E-state index contributed by atoms with van der Waals surface area (Å²) < 4.78 is 5.47. The summed E-state index contributed by atoms with van der Waals surface area (Å²) in [5, 5.41) is 0. The topological polar surface area (TPSA) is 36.7 Å². The minimum Gasteiger partial charge on any atom is -0.468 e. The fourth-order valence-electron chi connectivity index (χ4n) is 3.78. The van der Waals surface area contributed by atoms with Gasteiger partial charge in [-0.2, -0.15) is 0 Å². The van der Waals surface area contributed by atoms with Crippen molar-refractivity contribution in [3.63, 3.8) is 0 Å². The molecule has 4 heteroatoms. The van der Waals surface area contributed by atoms with Crippen molar-refractivity contribution in [3.05, 3.63) is 60.1 Å². The van der Waals surface area contributed by atoms with E-state index in [2.05, 4.69) is 16.7 Å². The van der Waals surface area contributed by atoms with Crippen LogP contribution < -0.4 is 0 Å². The van der Waals surface area contributed by atoms with Gasteiger partial charge in [0.1, 0.15) is 5.76 Å². The highest BCUT2D eigenvalue weighted by Gasteiger charge is 2.36. The molecule has 2 aromatic rings. The number of benzene rings is 1. The van der Waals surface area contributed by atoms with Gasteiger partial charge in [-0.3, -0.25) is 9.69 Å². The van der Waals surface area contributed by atoms with Crippen LogP contribution in [-0.4, -0.2) is 41.4 Å². The van der Waals surface area contributed by atoms with Crippen molar-refractivity contribution >= 4 is 5.91 Å². The van der Waals surface area contributed by atoms with Gasteiger partial charge in [0.05, 0.1) is 25.3 Å². The maximum atomic E-state index is 13.2. The predicted molar refractivity (Wildman–Crippen MR) is 105 cm³/mol. The van der Waals surface area contributed by atoms with E-state index in [1.54, 1.807) is 6.26 Å². The number of carbonyl (C=O) groups excluding carboxylic acids is 1. The molecule has 1 aliphatic carbocycles. The molecule has 4 rings (SSSR count). The summed E-state index contributed by atoms with van der Waals surface area (Å²) in [6, 6.07) is 14.3. The van der Waals surface area contributed by atoms with Crippen LogP contribution in [0, 0.1) is 17.8 Å². The number of furan rings is 1. The zero-order valence-corrected chi connectivity index (χ0v) is 15.6. The first-order chi connectivity index (χ1) is 13.3. The Morgan fingerprint density at radius 1 is 1.15 bits per heavy atom. The molecular weight excluding hydrogens is 336 g/mol. The third kappa shape index (κ3) is 4.81. The lowest BCUT2D eigenvalue weighted by atomic mass is 9.96. The van der Waals surface area contributed by atoms with E-state index in [-0.39, 0.29) is 11.8 Å². The van der Waals surface area contributed by atoms with Crippen LogP contribution in [0.5, 0.6) is 0 Å². The first-order valence-electron chi connectivity index (χ1n) is 9.89. The molecule has 4 nitrogen and oxygen atoms in total. The lowest BCUT2D eigenvalue weighted by Gasteiger charge is -2.34. The third-order valence-corrected chi connectivity index (χ3v) is 5.34. The van der Waals surface area contributed by atoms with Crippen LogP contribution in [0.15, 0.2) is 53.1 Å². The molecule has 0 unspecified atom stereocenters. The highest BCUT2D eigenvalue weighted by Crippen LogP contribution is 2.30. The molecule has 0 N–H and O–H groups in total. The molecule has 2 heterocycles. The molecule has 2 aliphatic rings. The number of piperidine rings is 1. The summed E-state index contributed by atoms with van der Waals surface area (Å²) in [7, 11) is 0. The molecular formula is C23H26N2O2. The Morgan fingerprint density at radius 3 is 2.74 bits per heavy atom. The molecule has 1 aromatic carbocycles. The van der Waals surface area contributed by atoms with Crippen molar-refractivity contribution in [2.75, 3.05) is 19.6 Å². The highest BCUT2D eigenvalue weighted by molar-refractivity contribution is 5.80. The van der Waals surface area contributed by atoms with Gasteiger partial charge in [0.25, 0.3) is 0 Å². The quantitative estimate of drug-likeness (QED) is 0.764. The van der Waals surface area contributed by atoms with E-state index in [4.69, 9.17) is 4.42 Å². The Hall–Kier alpha value is -2.51. The Kier molecular flexibility index (Phi) is 5.60. The minimum atomic E-state index is 0.0767. The highest BCUT2D eigenvalue weighted by atomic mass is 16.3. The summed E-state index contributed by atoms with van der Waals surface area (Å²) in [6.45, 7) is 3.16. The molecule has 1 atom stereocenters. The number of hydrogen-bond donors (Lipinski definition) is 0. The summed E-state index contributed by atoms with van der Waals surface area (Å²) in [4.78, 5) is 17.5. The maximum Gasteiger partial charge on any atom is 0.228 e. The van der Waals surface area contributed by atoms with Crippen LogP contribution in [0.2, 0.25) is 0 Å². The Bertz CT molecular complexity index is 800. The molecule has 1 saturated heterocycles. The summed E-state index contributed by atoms with van der Waals surface area (Å²) in [5.41, 5.74) is 1.00. The molecule has 2 fully saturated rings. The molecule has 1 aliphatic heterocycles. The van der Waals surface area contributed by atoms with E-state index >= 15 is 0 Å². The molecule has 0 radical (unpaired) electrons. The van der Waals surface area contributed by atoms with Gasteiger partial charge in [-0.15, -0.1) is 0 Å². The van der Waals surface area contributed by atoms with Gasteiger partial charge in [0, 0.05) is 18.2 Å². The van der Waals surface area contributed by atoms with Gasteiger partial charge >= 0.3 is 0 Å². The van der Waals surface area contributed by atoms with Gasteiger partial charge in [-0.1, -0.05) is 30.0 Å². The van der Waals surface area contributed by atoms with Gasteiger partial charge < -0.3 is 9.32 Å². The van der Waals surface area contributed by atoms with Crippen molar-refractivity contribution in [1.82, 2.24) is 9.80 Å². The molecule has 140 valence electrons. The number of likely N-dealkylation sites (tertiary alicyclic amines) is 1. The number of amides is 1. The van der Waals surface area contributed by atoms with Crippen LogP contribution in [0.1, 0.15) is 37.0 Å². The average molecular weight is 362 g/mol. The van der Waals surface area contributed by atoms with Crippen LogP contribution in [0.4, 0.5) is 0 Å². The Morgan fingerprint density at radius 2 is 2.00 bits per heavy atom. The van der Waals surface area contributed by atoms with E-state index < -0.39 is 0 Å². The number of nitrogens with zero attached hydrogens (tertiary/aromatic N) is 2. The first-order valence-corrected chi connectivity index (χ1v) is 9.89. The van der Waals surface area contributed by atoms with Gasteiger partial charge in [0.15, 0.2) is 0 Å². The Balaban J connectivity index is 1.37. The predicted octanol–water partition coefficient (Wildman–Crippen LogP) is 3.53. The van der Waals surface area contributed by atoms with Crippen LogP contribution >= 0.6 is 0 Å². The fraction of sp³-hybridized carbons (Fsp3) is 0.435. The second-order valence-corrected chi connectivity index (χ2v) is 7.52. The van der Waals surface area contributed by atoms with Crippen molar-refractivity contribution in [3.8, 4) is 11.8 Å². The zero-order chi connectivity index (χ0) is 18.5. The summed E-state index contributed by atoms with van der Waals surface area (Å²) in [5.74, 6) is 7.73. The SMILES string of the molecule is O=C([C@H]1CCCN(Cc2ccco2)C1)N(CC#Cc1ccccc1)C1CC1. The van der Waals surface area contributed by atoms with E-state index in [1.807, 2.05) is 47.4 Å². The van der Waals surface area contributed by atoms with Gasteiger partial charge in [-0.05, 0) is 56.5 Å². The van der Waals surface area contributed by atoms with E-state index in [1.165, 1.54) is 0 Å². The van der Waals surface area contributed by atoms with Gasteiger partial charge in [-0.25, -0.2) is 0 Å². The van der Waals surface area contributed by atoms with Crippen molar-refractivity contribution in [2.24, 2.45) is 5.92 Å². The van der Waals surface area contributed by atoms with Crippen molar-refractivity contribution < 1.29 is 9.21 Å². The maximum absolute atomic E-state index is 13.2. The fourth-order valence-corrected chi connectivity index (χ4v) is 3.78. The molecule has 1 aromatic heterocycles. The number of hydrogen-bond acceptors (Lipinski definition) is 3. The van der Waals surface area contributed by atoms with E-state index in [9.17, 15) is 4.79 Å². The molecule has 0 bridgehead atoms. The molecule has 27 heavy (non-hydrogen) atoms. The van der Waals surface area contributed by atoms with Crippen molar-refractivity contribution in [2.45, 2.75) is 38.3 Å². The van der Waals surface area contributed by atoms with Gasteiger partial charge in [0.2, 0.25) is 5.91 Å².